The maximum Gasteiger partial charge on any atom is 0.138 e. The van der Waals surface area contributed by atoms with E-state index in [9.17, 15) is 4.79 Å². The average Bonchev–Trinajstić information content (AvgIpc) is 2.30. The smallest absolute Gasteiger partial charge is 0.138 e. The van der Waals surface area contributed by atoms with Crippen LogP contribution in [0, 0.1) is 12.8 Å². The van der Waals surface area contributed by atoms with Crippen molar-refractivity contribution in [2.75, 3.05) is 6.54 Å². The van der Waals surface area contributed by atoms with E-state index in [4.69, 9.17) is 0 Å². The minimum Gasteiger partial charge on any atom is -0.299 e. The largest absolute Gasteiger partial charge is 0.299 e. The van der Waals surface area contributed by atoms with Gasteiger partial charge in [-0.1, -0.05) is 6.92 Å². The summed E-state index contributed by atoms with van der Waals surface area (Å²) in [6.07, 6.45) is 2.45. The summed E-state index contributed by atoms with van der Waals surface area (Å²) in [7, 11) is 0. The third-order valence-corrected chi connectivity index (χ3v) is 3.65. The van der Waals surface area contributed by atoms with Gasteiger partial charge in [0.2, 0.25) is 0 Å². The summed E-state index contributed by atoms with van der Waals surface area (Å²) in [5.41, 5.74) is 1.03. The van der Waals surface area contributed by atoms with Crippen LogP contribution in [0.5, 0.6) is 0 Å². The second-order valence-corrected chi connectivity index (χ2v) is 4.81. The summed E-state index contributed by atoms with van der Waals surface area (Å²) in [6, 6.07) is 2.24. The molecule has 1 aliphatic heterocycles. The minimum atomic E-state index is 0.131. The molecule has 0 amide bonds. The van der Waals surface area contributed by atoms with Crippen molar-refractivity contribution in [1.82, 2.24) is 14.9 Å². The van der Waals surface area contributed by atoms with Crippen LogP contribution in [0.2, 0.25) is 0 Å². The van der Waals surface area contributed by atoms with Crippen molar-refractivity contribution >= 4 is 5.78 Å². The molecule has 0 N–H and O–H groups in total. The van der Waals surface area contributed by atoms with Gasteiger partial charge >= 0.3 is 0 Å². The van der Waals surface area contributed by atoms with E-state index in [2.05, 4.69) is 21.8 Å². The Morgan fingerprint density at radius 1 is 1.47 bits per heavy atom. The number of carbonyl (C=O) groups excluding carboxylic acids is 1. The van der Waals surface area contributed by atoms with Crippen LogP contribution in [0.25, 0.3) is 0 Å². The van der Waals surface area contributed by atoms with Gasteiger partial charge in [0.25, 0.3) is 0 Å². The second kappa shape index (κ2) is 4.92. The zero-order valence-electron chi connectivity index (χ0n) is 10.7. The highest BCUT2D eigenvalue weighted by atomic mass is 16.1. The predicted molar refractivity (Wildman–Crippen MR) is 65.4 cm³/mol. The van der Waals surface area contributed by atoms with E-state index in [0.29, 0.717) is 18.2 Å². The molecule has 0 spiro atoms. The first-order valence-corrected chi connectivity index (χ1v) is 6.13. The fraction of sp³-hybridized carbons (Fsp3) is 0.615. The van der Waals surface area contributed by atoms with Gasteiger partial charge in [-0.25, -0.2) is 9.97 Å². The Morgan fingerprint density at radius 3 is 2.94 bits per heavy atom. The molecule has 0 radical (unpaired) electrons. The molecule has 0 bridgehead atoms. The number of aryl methyl sites for hydroxylation is 1. The summed E-state index contributed by atoms with van der Waals surface area (Å²) in [5, 5.41) is 0. The Labute approximate surface area is 102 Å². The normalized spacial score (nSPS) is 26.2. The van der Waals surface area contributed by atoms with Crippen molar-refractivity contribution in [3.63, 3.8) is 0 Å². The van der Waals surface area contributed by atoms with Crippen molar-refractivity contribution in [1.29, 1.82) is 0 Å². The number of aromatic nitrogens is 2. The van der Waals surface area contributed by atoms with Crippen LogP contribution >= 0.6 is 0 Å². The fourth-order valence-electron chi connectivity index (χ4n) is 2.29. The first-order valence-electron chi connectivity index (χ1n) is 6.13. The maximum absolute atomic E-state index is 11.6. The predicted octanol–water partition coefficient (Wildman–Crippen LogP) is 1.58. The van der Waals surface area contributed by atoms with Gasteiger partial charge in [0.15, 0.2) is 0 Å². The van der Waals surface area contributed by atoms with Crippen molar-refractivity contribution in [2.24, 2.45) is 5.92 Å². The standard InChI is InChI=1S/C13H19N3O/c1-9-10(2)16(7-5-13(9)17)8-12-4-6-14-11(3)15-12/h4,6,9-10H,5,7-8H2,1-3H3. The Hall–Kier alpha value is -1.29. The molecule has 1 saturated heterocycles. The van der Waals surface area contributed by atoms with Gasteiger partial charge in [0.05, 0.1) is 5.69 Å². The highest BCUT2D eigenvalue weighted by Gasteiger charge is 2.30. The van der Waals surface area contributed by atoms with Crippen LogP contribution in [0.1, 0.15) is 31.8 Å². The summed E-state index contributed by atoms with van der Waals surface area (Å²) >= 11 is 0. The Morgan fingerprint density at radius 2 is 2.24 bits per heavy atom. The molecule has 4 heteroatoms. The lowest BCUT2D eigenvalue weighted by Gasteiger charge is -2.36. The van der Waals surface area contributed by atoms with Crippen molar-refractivity contribution in [2.45, 2.75) is 39.8 Å². The molecule has 4 nitrogen and oxygen atoms in total. The number of nitrogens with zero attached hydrogens (tertiary/aromatic N) is 3. The molecule has 2 unspecified atom stereocenters. The molecule has 1 aromatic rings. The molecular formula is C13H19N3O. The van der Waals surface area contributed by atoms with Crippen molar-refractivity contribution < 1.29 is 4.79 Å². The third-order valence-electron chi connectivity index (χ3n) is 3.65. The molecule has 0 aromatic carbocycles. The number of likely N-dealkylation sites (tertiary alicyclic amines) is 1. The van der Waals surface area contributed by atoms with Gasteiger partial charge < -0.3 is 0 Å². The Kier molecular flexibility index (Phi) is 3.52. The molecule has 1 fully saturated rings. The van der Waals surface area contributed by atoms with Crippen LogP contribution < -0.4 is 0 Å². The molecule has 1 aromatic heterocycles. The minimum absolute atomic E-state index is 0.131. The maximum atomic E-state index is 11.6. The van der Waals surface area contributed by atoms with E-state index in [-0.39, 0.29) is 5.92 Å². The van der Waals surface area contributed by atoms with Gasteiger partial charge in [0, 0.05) is 37.7 Å². The van der Waals surface area contributed by atoms with E-state index in [1.54, 1.807) is 6.20 Å². The van der Waals surface area contributed by atoms with E-state index >= 15 is 0 Å². The summed E-state index contributed by atoms with van der Waals surface area (Å²) in [4.78, 5) is 22.4. The quantitative estimate of drug-likeness (QED) is 0.778. The van der Waals surface area contributed by atoms with Gasteiger partial charge in [0.1, 0.15) is 11.6 Å². The van der Waals surface area contributed by atoms with Crippen molar-refractivity contribution in [3.05, 3.63) is 23.8 Å². The first-order chi connectivity index (χ1) is 8.08. The number of hydrogen-bond acceptors (Lipinski definition) is 4. The number of rotatable bonds is 2. The summed E-state index contributed by atoms with van der Waals surface area (Å²) in [6.45, 7) is 7.69. The molecule has 0 aliphatic carbocycles. The van der Waals surface area contributed by atoms with Gasteiger partial charge in [-0.15, -0.1) is 0 Å². The van der Waals surface area contributed by atoms with E-state index < -0.39 is 0 Å². The highest BCUT2D eigenvalue weighted by Crippen LogP contribution is 2.21. The average molecular weight is 233 g/mol. The SMILES string of the molecule is Cc1nccc(CN2CCC(=O)C(C)C2C)n1. The zero-order valence-corrected chi connectivity index (χ0v) is 10.7. The number of Topliss-reactive ketones (excluding diaryl/α,β-unsaturated/α-hetero) is 1. The van der Waals surface area contributed by atoms with Crippen LogP contribution in [-0.2, 0) is 11.3 Å². The molecule has 2 atom stereocenters. The van der Waals surface area contributed by atoms with E-state index in [0.717, 1.165) is 24.6 Å². The molecule has 17 heavy (non-hydrogen) atoms. The van der Waals surface area contributed by atoms with Crippen LogP contribution in [0.15, 0.2) is 12.3 Å². The van der Waals surface area contributed by atoms with Crippen LogP contribution in [0.4, 0.5) is 0 Å². The van der Waals surface area contributed by atoms with Gasteiger partial charge in [-0.3, -0.25) is 9.69 Å². The molecule has 0 saturated carbocycles. The van der Waals surface area contributed by atoms with E-state index in [1.165, 1.54) is 0 Å². The molecule has 2 rings (SSSR count). The zero-order chi connectivity index (χ0) is 12.4. The molecular weight excluding hydrogens is 214 g/mol. The topological polar surface area (TPSA) is 46.1 Å². The fourth-order valence-corrected chi connectivity index (χ4v) is 2.29. The summed E-state index contributed by atoms with van der Waals surface area (Å²) < 4.78 is 0. The van der Waals surface area contributed by atoms with Crippen LogP contribution in [0.3, 0.4) is 0 Å². The highest BCUT2D eigenvalue weighted by molar-refractivity contribution is 5.82. The van der Waals surface area contributed by atoms with Gasteiger partial charge in [-0.05, 0) is 19.9 Å². The lowest BCUT2D eigenvalue weighted by Crippen LogP contribution is -2.46. The number of carbonyl (C=O) groups is 1. The summed E-state index contributed by atoms with van der Waals surface area (Å²) in [5.74, 6) is 1.32. The number of hydrogen-bond donors (Lipinski definition) is 0. The molecule has 92 valence electrons. The monoisotopic (exact) mass is 233 g/mol. The number of ketones is 1. The molecule has 2 heterocycles. The second-order valence-electron chi connectivity index (χ2n) is 4.81. The Balaban J connectivity index is 2.06. The third kappa shape index (κ3) is 2.69. The van der Waals surface area contributed by atoms with Crippen LogP contribution in [-0.4, -0.2) is 33.2 Å². The van der Waals surface area contributed by atoms with Gasteiger partial charge in [-0.2, -0.15) is 0 Å². The molecule has 1 aliphatic rings. The lowest BCUT2D eigenvalue weighted by molar-refractivity contribution is -0.128. The van der Waals surface area contributed by atoms with E-state index in [1.807, 2.05) is 19.9 Å². The van der Waals surface area contributed by atoms with Crippen molar-refractivity contribution in [3.8, 4) is 0 Å². The first kappa shape index (κ1) is 12.2. The number of piperidine rings is 1. The Bertz CT molecular complexity index is 419. The lowest BCUT2D eigenvalue weighted by atomic mass is 9.90.